The number of benzene rings is 1. The van der Waals surface area contributed by atoms with E-state index in [1.54, 1.807) is 0 Å². The number of hydrogen-bond donors (Lipinski definition) is 0. The number of alkyl halides is 1. The van der Waals surface area contributed by atoms with E-state index in [0.717, 1.165) is 0 Å². The van der Waals surface area contributed by atoms with Crippen molar-refractivity contribution in [2.75, 3.05) is 4.35 Å². The molecule has 0 bridgehead atoms. The Labute approximate surface area is 105 Å². The maximum atomic E-state index is 4.93. The molecule has 0 saturated heterocycles. The van der Waals surface area contributed by atoms with E-state index in [1.807, 2.05) is 0 Å². The van der Waals surface area contributed by atoms with Crippen molar-refractivity contribution in [3.05, 3.63) is 29.8 Å². The molecule has 1 rings (SSSR count). The summed E-state index contributed by atoms with van der Waals surface area (Å²) in [6.45, 7) is 6.69. The van der Waals surface area contributed by atoms with E-state index in [9.17, 15) is 0 Å². The fraction of sp³-hybridized carbons (Fsp3) is 0.455. The van der Waals surface area contributed by atoms with E-state index < -0.39 is 0 Å². The molecule has 0 aliphatic rings. The van der Waals surface area contributed by atoms with Gasteiger partial charge in [0.05, 0.1) is 0 Å². The van der Waals surface area contributed by atoms with Crippen LogP contribution in [0.5, 0.6) is 0 Å². The van der Waals surface area contributed by atoms with Gasteiger partial charge in [-0.2, -0.15) is 0 Å². The molecule has 3 heteroatoms. The van der Waals surface area contributed by atoms with Crippen LogP contribution in [-0.4, -0.2) is 4.35 Å². The zero-order chi connectivity index (χ0) is 11.2. The maximum absolute atomic E-state index is 4.93. The molecule has 0 nitrogen and oxygen atoms in total. The Morgan fingerprint density at radius 2 is 1.86 bits per heavy atom. The molecular formula is C11H17ClPPd. The summed E-state index contributed by atoms with van der Waals surface area (Å²) in [4.78, 5) is 0. The molecule has 1 atom stereocenters. The van der Waals surface area contributed by atoms with Crippen LogP contribution in [0.2, 0.25) is 0 Å². The Morgan fingerprint density at radius 1 is 1.36 bits per heavy atom. The summed E-state index contributed by atoms with van der Waals surface area (Å²) in [6, 6.07) is 8.58. The molecule has 0 saturated carbocycles. The third-order valence-electron chi connectivity index (χ3n) is 1.75. The standard InChI is InChI=1S/C10H15P.CH2Cl.Pd/c1-10(2,3)8-5-4-6-9(11)7-8;1-2;/h4-7H,11H2,1-3H3;1H2;. The van der Waals surface area contributed by atoms with E-state index in [2.05, 4.69) is 73.5 Å². The first kappa shape index (κ1) is 14.6. The van der Waals surface area contributed by atoms with Crippen LogP contribution in [0.3, 0.4) is 0 Å². The van der Waals surface area contributed by atoms with Crippen LogP contribution in [0.4, 0.5) is 0 Å². The van der Waals surface area contributed by atoms with Gasteiger partial charge in [0.15, 0.2) is 0 Å². The van der Waals surface area contributed by atoms with Crippen molar-refractivity contribution in [1.82, 2.24) is 0 Å². The SMILES string of the molecule is CC(C)(C)c1cccc(P)c1.Cl[CH2][Pd]. The van der Waals surface area contributed by atoms with E-state index in [1.165, 1.54) is 10.9 Å². The van der Waals surface area contributed by atoms with Crippen molar-refractivity contribution < 1.29 is 19.2 Å². The van der Waals surface area contributed by atoms with Crippen LogP contribution in [0.25, 0.3) is 0 Å². The van der Waals surface area contributed by atoms with Crippen molar-refractivity contribution in [3.63, 3.8) is 0 Å². The molecule has 0 amide bonds. The van der Waals surface area contributed by atoms with Crippen LogP contribution in [-0.2, 0) is 24.6 Å². The van der Waals surface area contributed by atoms with Gasteiger partial charge in [0, 0.05) is 0 Å². The van der Waals surface area contributed by atoms with Gasteiger partial charge in [0.25, 0.3) is 0 Å². The van der Waals surface area contributed by atoms with Gasteiger partial charge in [0.2, 0.25) is 0 Å². The second-order valence-corrected chi connectivity index (χ2v) is 6.04. The second kappa shape index (κ2) is 6.97. The Morgan fingerprint density at radius 3 is 2.14 bits per heavy atom. The van der Waals surface area contributed by atoms with Gasteiger partial charge >= 0.3 is 35.2 Å². The molecule has 1 unspecified atom stereocenters. The minimum absolute atomic E-state index is 0.270. The Hall–Kier alpha value is 0.602. The summed E-state index contributed by atoms with van der Waals surface area (Å²) in [5.74, 6) is 0. The Kier molecular flexibility index (Phi) is 7.27. The molecule has 0 fully saturated rings. The van der Waals surface area contributed by atoms with Gasteiger partial charge in [-0.1, -0.05) is 45.0 Å². The van der Waals surface area contributed by atoms with Crippen molar-refractivity contribution in [2.24, 2.45) is 0 Å². The van der Waals surface area contributed by atoms with Gasteiger partial charge < -0.3 is 0 Å². The summed E-state index contributed by atoms with van der Waals surface area (Å²) >= 11 is 7.64. The third-order valence-corrected chi connectivity index (χ3v) is 2.11. The van der Waals surface area contributed by atoms with Gasteiger partial charge in [-0.3, -0.25) is 0 Å². The summed E-state index contributed by atoms with van der Waals surface area (Å²) in [6.07, 6.45) is 0. The molecule has 0 aliphatic carbocycles. The van der Waals surface area contributed by atoms with Crippen LogP contribution >= 0.6 is 20.8 Å². The Balaban J connectivity index is 0.000000500. The van der Waals surface area contributed by atoms with Gasteiger partial charge in [-0.05, 0) is 16.3 Å². The van der Waals surface area contributed by atoms with Gasteiger partial charge in [-0.25, -0.2) is 0 Å². The molecule has 0 heterocycles. The molecule has 0 N–H and O–H groups in total. The summed E-state index contributed by atoms with van der Waals surface area (Å²) in [5.41, 5.74) is 1.66. The van der Waals surface area contributed by atoms with Crippen molar-refractivity contribution in [2.45, 2.75) is 26.2 Å². The fourth-order valence-corrected chi connectivity index (χ4v) is 1.30. The van der Waals surface area contributed by atoms with E-state index in [0.29, 0.717) is 4.35 Å². The van der Waals surface area contributed by atoms with Gasteiger partial charge in [0.1, 0.15) is 0 Å². The third kappa shape index (κ3) is 6.15. The first-order valence-corrected chi connectivity index (χ1v) is 6.56. The fourth-order valence-electron chi connectivity index (χ4n) is 1.01. The average molecular weight is 322 g/mol. The molecule has 1 aromatic carbocycles. The van der Waals surface area contributed by atoms with Crippen molar-refractivity contribution in [3.8, 4) is 0 Å². The predicted molar refractivity (Wildman–Crippen MR) is 65.2 cm³/mol. The molecule has 1 aromatic rings. The molecule has 0 aromatic heterocycles. The van der Waals surface area contributed by atoms with Crippen LogP contribution in [0.1, 0.15) is 26.3 Å². The number of rotatable bonds is 0. The molecule has 83 valence electrons. The predicted octanol–water partition coefficient (Wildman–Crippen LogP) is 3.21. The summed E-state index contributed by atoms with van der Waals surface area (Å²) in [7, 11) is 2.72. The zero-order valence-electron chi connectivity index (χ0n) is 8.79. The monoisotopic (exact) mass is 321 g/mol. The molecular weight excluding hydrogens is 305 g/mol. The first-order valence-electron chi connectivity index (χ1n) is 4.35. The molecule has 0 spiro atoms. The van der Waals surface area contributed by atoms with E-state index in [4.69, 9.17) is 11.6 Å². The normalized spacial score (nSPS) is 10.5. The number of halogens is 1. The second-order valence-electron chi connectivity index (χ2n) is 3.96. The number of hydrogen-bond acceptors (Lipinski definition) is 0. The topological polar surface area (TPSA) is 0 Å². The molecule has 14 heavy (non-hydrogen) atoms. The van der Waals surface area contributed by atoms with Crippen LogP contribution < -0.4 is 5.30 Å². The molecule has 0 aliphatic heterocycles. The van der Waals surface area contributed by atoms with Crippen LogP contribution in [0.15, 0.2) is 24.3 Å². The van der Waals surface area contributed by atoms with Crippen LogP contribution in [0, 0.1) is 0 Å². The summed E-state index contributed by atoms with van der Waals surface area (Å²) in [5, 5.41) is 1.26. The zero-order valence-corrected chi connectivity index (χ0v) is 12.3. The average Bonchev–Trinajstić information content (AvgIpc) is 2.04. The first-order chi connectivity index (χ1) is 6.41. The minimum atomic E-state index is 0.270. The Bertz CT molecular complexity index is 268. The molecule has 0 radical (unpaired) electrons. The van der Waals surface area contributed by atoms with E-state index >= 15 is 0 Å². The quantitative estimate of drug-likeness (QED) is 0.391. The van der Waals surface area contributed by atoms with E-state index in [-0.39, 0.29) is 5.41 Å². The van der Waals surface area contributed by atoms with Crippen molar-refractivity contribution in [1.29, 1.82) is 0 Å². The van der Waals surface area contributed by atoms with Gasteiger partial charge in [-0.15, -0.1) is 9.24 Å². The summed E-state index contributed by atoms with van der Waals surface area (Å²) < 4.78 is 0.572. The van der Waals surface area contributed by atoms with Crippen molar-refractivity contribution >= 4 is 26.1 Å².